The van der Waals surface area contributed by atoms with E-state index in [1.165, 1.54) is 36.0 Å². The molecule has 1 atom stereocenters. The van der Waals surface area contributed by atoms with Gasteiger partial charge < -0.3 is 4.90 Å². The predicted octanol–water partition coefficient (Wildman–Crippen LogP) is 2.54. The maximum Gasteiger partial charge on any atom is 0.238 e. The van der Waals surface area contributed by atoms with Crippen LogP contribution in [0.15, 0.2) is 52.3 Å². The molecule has 1 amide bonds. The van der Waals surface area contributed by atoms with E-state index in [1.54, 1.807) is 23.1 Å². The Bertz CT molecular complexity index is 914. The van der Waals surface area contributed by atoms with Gasteiger partial charge in [-0.1, -0.05) is 0 Å². The van der Waals surface area contributed by atoms with Gasteiger partial charge in [-0.05, 0) is 61.4 Å². The number of halogens is 1. The van der Waals surface area contributed by atoms with Gasteiger partial charge in [-0.2, -0.15) is 0 Å². The fourth-order valence-electron chi connectivity index (χ4n) is 2.91. The molecule has 8 heteroatoms. The molecule has 1 aliphatic heterocycles. The number of nitrogens with zero attached hydrogens (tertiary/aromatic N) is 1. The first kappa shape index (κ1) is 17.9. The van der Waals surface area contributed by atoms with E-state index in [4.69, 9.17) is 5.14 Å². The second-order valence-electron chi connectivity index (χ2n) is 5.90. The first-order chi connectivity index (χ1) is 11.8. The zero-order valence-corrected chi connectivity index (χ0v) is 15.1. The Balaban J connectivity index is 1.77. The van der Waals surface area contributed by atoms with Crippen molar-refractivity contribution in [3.05, 3.63) is 53.8 Å². The smallest absolute Gasteiger partial charge is 0.238 e. The topological polar surface area (TPSA) is 80.5 Å². The Kier molecular flexibility index (Phi) is 4.86. The lowest BCUT2D eigenvalue weighted by Crippen LogP contribution is -2.36. The molecule has 1 unspecified atom stereocenters. The van der Waals surface area contributed by atoms with Crippen molar-refractivity contribution in [1.82, 2.24) is 0 Å². The summed E-state index contributed by atoms with van der Waals surface area (Å²) in [5.41, 5.74) is 1.50. The lowest BCUT2D eigenvalue weighted by Gasteiger charge is -2.22. The molecule has 0 radical (unpaired) electrons. The second-order valence-corrected chi connectivity index (χ2v) is 8.51. The van der Waals surface area contributed by atoms with E-state index >= 15 is 0 Å². The van der Waals surface area contributed by atoms with E-state index < -0.39 is 10.0 Å². The van der Waals surface area contributed by atoms with Gasteiger partial charge in [-0.3, -0.25) is 4.79 Å². The summed E-state index contributed by atoms with van der Waals surface area (Å²) in [6.07, 6.45) is 0.575. The van der Waals surface area contributed by atoms with Crippen LogP contribution < -0.4 is 10.0 Å². The first-order valence-corrected chi connectivity index (χ1v) is 10.1. The summed E-state index contributed by atoms with van der Waals surface area (Å²) < 4.78 is 35.9. The third kappa shape index (κ3) is 3.86. The number of carbonyl (C=O) groups excluding carboxylic acids is 1. The highest BCUT2D eigenvalue weighted by Gasteiger charge is 2.31. The van der Waals surface area contributed by atoms with Gasteiger partial charge in [0.1, 0.15) is 5.82 Å². The van der Waals surface area contributed by atoms with Crippen molar-refractivity contribution in [3.8, 4) is 0 Å². The van der Waals surface area contributed by atoms with Crippen molar-refractivity contribution in [1.29, 1.82) is 0 Å². The van der Waals surface area contributed by atoms with Crippen LogP contribution in [0.1, 0.15) is 12.5 Å². The van der Waals surface area contributed by atoms with Gasteiger partial charge in [0, 0.05) is 16.6 Å². The summed E-state index contributed by atoms with van der Waals surface area (Å²) in [5, 5.41) is 5.16. The van der Waals surface area contributed by atoms with E-state index in [9.17, 15) is 17.6 Å². The summed E-state index contributed by atoms with van der Waals surface area (Å²) in [7, 11) is -3.77. The minimum atomic E-state index is -3.77. The highest BCUT2D eigenvalue weighted by molar-refractivity contribution is 8.00. The molecule has 25 heavy (non-hydrogen) atoms. The number of hydrogen-bond acceptors (Lipinski definition) is 4. The van der Waals surface area contributed by atoms with Crippen molar-refractivity contribution in [3.63, 3.8) is 0 Å². The van der Waals surface area contributed by atoms with Crippen molar-refractivity contribution in [2.24, 2.45) is 5.14 Å². The predicted molar refractivity (Wildman–Crippen MR) is 95.6 cm³/mol. The fraction of sp³-hybridized carbons (Fsp3) is 0.235. The average molecular weight is 380 g/mol. The van der Waals surface area contributed by atoms with Crippen LogP contribution in [0.4, 0.5) is 10.1 Å². The Morgan fingerprint density at radius 1 is 1.28 bits per heavy atom. The molecule has 1 heterocycles. The SMILES string of the molecule is CC1Cc2cc(S(N)(=O)=O)ccc2N1C(=O)CSc1ccc(F)cc1. The third-order valence-corrected chi connectivity index (χ3v) is 5.95. The van der Waals surface area contributed by atoms with Gasteiger partial charge >= 0.3 is 0 Å². The summed E-state index contributed by atoms with van der Waals surface area (Å²) in [4.78, 5) is 15.2. The van der Waals surface area contributed by atoms with Gasteiger partial charge in [-0.25, -0.2) is 17.9 Å². The van der Waals surface area contributed by atoms with Crippen LogP contribution in [0.5, 0.6) is 0 Å². The summed E-state index contributed by atoms with van der Waals surface area (Å²) in [6, 6.07) is 10.5. The van der Waals surface area contributed by atoms with E-state index in [-0.39, 0.29) is 28.4 Å². The lowest BCUT2D eigenvalue weighted by atomic mass is 10.1. The molecule has 0 saturated carbocycles. The van der Waals surface area contributed by atoms with Crippen LogP contribution in [-0.4, -0.2) is 26.1 Å². The van der Waals surface area contributed by atoms with Gasteiger partial charge in [0.05, 0.1) is 10.6 Å². The van der Waals surface area contributed by atoms with Gasteiger partial charge in [0.2, 0.25) is 15.9 Å². The van der Waals surface area contributed by atoms with Gasteiger partial charge in [0.25, 0.3) is 0 Å². The third-order valence-electron chi connectivity index (χ3n) is 4.04. The molecule has 132 valence electrons. The lowest BCUT2D eigenvalue weighted by molar-refractivity contribution is -0.116. The van der Waals surface area contributed by atoms with Gasteiger partial charge in [-0.15, -0.1) is 11.8 Å². The number of fused-ring (bicyclic) bond motifs is 1. The molecule has 0 aliphatic carbocycles. The number of rotatable bonds is 4. The largest absolute Gasteiger partial charge is 0.308 e. The molecule has 0 bridgehead atoms. The van der Waals surface area contributed by atoms with Crippen LogP contribution in [0.25, 0.3) is 0 Å². The monoisotopic (exact) mass is 380 g/mol. The van der Waals surface area contributed by atoms with Crippen LogP contribution in [0.3, 0.4) is 0 Å². The zero-order valence-electron chi connectivity index (χ0n) is 13.5. The van der Waals surface area contributed by atoms with E-state index in [1.807, 2.05) is 6.92 Å². The second kappa shape index (κ2) is 6.78. The Morgan fingerprint density at radius 3 is 2.60 bits per heavy atom. The van der Waals surface area contributed by atoms with Crippen LogP contribution in [0.2, 0.25) is 0 Å². The molecule has 5 nitrogen and oxygen atoms in total. The molecule has 3 rings (SSSR count). The average Bonchev–Trinajstić information content (AvgIpc) is 2.88. The number of thioether (sulfide) groups is 1. The quantitative estimate of drug-likeness (QED) is 0.827. The Hall–Kier alpha value is -1.90. The van der Waals surface area contributed by atoms with E-state index in [0.717, 1.165) is 10.5 Å². The molecule has 2 aromatic rings. The maximum absolute atomic E-state index is 12.9. The fourth-order valence-corrected chi connectivity index (χ4v) is 4.23. The zero-order chi connectivity index (χ0) is 18.2. The summed E-state index contributed by atoms with van der Waals surface area (Å²) >= 11 is 1.33. The summed E-state index contributed by atoms with van der Waals surface area (Å²) in [6.45, 7) is 1.91. The molecule has 2 N–H and O–H groups in total. The van der Waals surface area contributed by atoms with Crippen LogP contribution in [0, 0.1) is 5.82 Å². The first-order valence-electron chi connectivity index (χ1n) is 7.62. The van der Waals surface area contributed by atoms with Crippen molar-refractivity contribution in [2.75, 3.05) is 10.7 Å². The number of primary sulfonamides is 1. The number of benzene rings is 2. The molecule has 2 aromatic carbocycles. The number of hydrogen-bond donors (Lipinski definition) is 1. The van der Waals surface area contributed by atoms with Crippen molar-refractivity contribution in [2.45, 2.75) is 29.2 Å². The van der Waals surface area contributed by atoms with Crippen molar-refractivity contribution < 1.29 is 17.6 Å². The Labute approximate surface area is 150 Å². The van der Waals surface area contributed by atoms with E-state index in [2.05, 4.69) is 0 Å². The van der Waals surface area contributed by atoms with Crippen LogP contribution >= 0.6 is 11.8 Å². The number of sulfonamides is 1. The van der Waals surface area contributed by atoms with Gasteiger partial charge in [0.15, 0.2) is 0 Å². The summed E-state index contributed by atoms with van der Waals surface area (Å²) in [5.74, 6) is -0.181. The number of carbonyl (C=O) groups is 1. The Morgan fingerprint density at radius 2 is 1.96 bits per heavy atom. The molecule has 0 fully saturated rings. The molecule has 0 aromatic heterocycles. The highest BCUT2D eigenvalue weighted by atomic mass is 32.2. The van der Waals surface area contributed by atoms with E-state index in [0.29, 0.717) is 12.1 Å². The molecular weight excluding hydrogens is 363 g/mol. The standard InChI is InChI=1S/C17H17FN2O3S2/c1-11-8-12-9-15(25(19,22)23)6-7-16(12)20(11)17(21)10-24-14-4-2-13(18)3-5-14/h2-7,9,11H,8,10H2,1H3,(H2,19,22,23). The molecule has 0 saturated heterocycles. The molecular formula is C17H17FN2O3S2. The molecule has 0 spiro atoms. The minimum Gasteiger partial charge on any atom is -0.308 e. The van der Waals surface area contributed by atoms with Crippen LogP contribution in [-0.2, 0) is 21.2 Å². The van der Waals surface area contributed by atoms with Crippen molar-refractivity contribution >= 4 is 33.4 Å². The normalized spacial score (nSPS) is 16.8. The highest BCUT2D eigenvalue weighted by Crippen LogP contribution is 2.34. The maximum atomic E-state index is 12.9. The number of amides is 1. The number of anilines is 1. The minimum absolute atomic E-state index is 0.0495. The number of nitrogens with two attached hydrogens (primary N) is 1. The molecule has 1 aliphatic rings.